The lowest BCUT2D eigenvalue weighted by molar-refractivity contribution is -0.120. The standard InChI is InChI=1S/C17H22FN5O/c1-12-21-15(11-16(22-12)23(2)3)19-8-9-20-17(24)10-13-4-6-14(18)7-5-13/h4-7,11H,8-10H2,1-3H3,(H,20,24)(H,19,21,22). The quantitative estimate of drug-likeness (QED) is 0.757. The number of benzene rings is 1. The zero-order chi connectivity index (χ0) is 17.5. The lowest BCUT2D eigenvalue weighted by Crippen LogP contribution is -2.30. The molecule has 2 aromatic rings. The number of halogens is 1. The first-order chi connectivity index (χ1) is 11.4. The van der Waals surface area contributed by atoms with Crippen LogP contribution in [0, 0.1) is 12.7 Å². The lowest BCUT2D eigenvalue weighted by Gasteiger charge is -2.14. The molecule has 2 rings (SSSR count). The summed E-state index contributed by atoms with van der Waals surface area (Å²) < 4.78 is 12.8. The maximum atomic E-state index is 12.8. The zero-order valence-electron chi connectivity index (χ0n) is 14.1. The van der Waals surface area contributed by atoms with Crippen LogP contribution in [0.2, 0.25) is 0 Å². The second kappa shape index (κ2) is 8.24. The van der Waals surface area contributed by atoms with E-state index in [9.17, 15) is 9.18 Å². The van der Waals surface area contributed by atoms with Gasteiger partial charge in [-0.1, -0.05) is 12.1 Å². The number of hydrogen-bond acceptors (Lipinski definition) is 5. The summed E-state index contributed by atoms with van der Waals surface area (Å²) in [7, 11) is 3.84. The van der Waals surface area contributed by atoms with Gasteiger partial charge in [-0.2, -0.15) is 0 Å². The van der Waals surface area contributed by atoms with Gasteiger partial charge in [0, 0.05) is 33.3 Å². The molecule has 0 radical (unpaired) electrons. The van der Waals surface area contributed by atoms with E-state index in [-0.39, 0.29) is 18.1 Å². The van der Waals surface area contributed by atoms with E-state index in [4.69, 9.17) is 0 Å². The molecule has 0 fully saturated rings. The van der Waals surface area contributed by atoms with Crippen molar-refractivity contribution in [2.45, 2.75) is 13.3 Å². The molecule has 0 bridgehead atoms. The predicted molar refractivity (Wildman–Crippen MR) is 92.7 cm³/mol. The summed E-state index contributed by atoms with van der Waals surface area (Å²) in [5.74, 6) is 1.82. The molecule has 0 saturated heterocycles. The monoisotopic (exact) mass is 331 g/mol. The third-order valence-corrected chi connectivity index (χ3v) is 3.31. The highest BCUT2D eigenvalue weighted by Gasteiger charge is 2.05. The van der Waals surface area contributed by atoms with E-state index < -0.39 is 0 Å². The Morgan fingerprint density at radius 2 is 1.88 bits per heavy atom. The van der Waals surface area contributed by atoms with Gasteiger partial charge in [0.05, 0.1) is 6.42 Å². The van der Waals surface area contributed by atoms with Crippen molar-refractivity contribution >= 4 is 17.5 Å². The maximum absolute atomic E-state index is 12.8. The first-order valence-corrected chi connectivity index (χ1v) is 7.72. The Morgan fingerprint density at radius 1 is 1.17 bits per heavy atom. The van der Waals surface area contributed by atoms with Crippen molar-refractivity contribution in [2.75, 3.05) is 37.4 Å². The first kappa shape index (κ1) is 17.7. The molecule has 1 aromatic heterocycles. The second-order valence-electron chi connectivity index (χ2n) is 5.63. The number of rotatable bonds is 7. The fraction of sp³-hybridized carbons (Fsp3) is 0.353. The molecular formula is C17H22FN5O. The van der Waals surface area contributed by atoms with Crippen LogP contribution in [0.3, 0.4) is 0 Å². The fourth-order valence-electron chi connectivity index (χ4n) is 2.11. The van der Waals surface area contributed by atoms with Crippen molar-refractivity contribution in [1.29, 1.82) is 0 Å². The van der Waals surface area contributed by atoms with Gasteiger partial charge < -0.3 is 15.5 Å². The summed E-state index contributed by atoms with van der Waals surface area (Å²) in [5.41, 5.74) is 0.781. The molecule has 128 valence electrons. The molecule has 1 amide bonds. The largest absolute Gasteiger partial charge is 0.368 e. The molecule has 0 aliphatic rings. The fourth-order valence-corrected chi connectivity index (χ4v) is 2.11. The van der Waals surface area contributed by atoms with Gasteiger partial charge in [-0.05, 0) is 24.6 Å². The van der Waals surface area contributed by atoms with E-state index in [0.717, 1.165) is 17.2 Å². The smallest absolute Gasteiger partial charge is 0.224 e. The molecule has 0 unspecified atom stereocenters. The third kappa shape index (κ3) is 5.49. The van der Waals surface area contributed by atoms with Gasteiger partial charge in [-0.3, -0.25) is 4.79 Å². The number of aromatic nitrogens is 2. The number of nitrogens with zero attached hydrogens (tertiary/aromatic N) is 3. The number of aryl methyl sites for hydroxylation is 1. The van der Waals surface area contributed by atoms with Crippen LogP contribution in [0.25, 0.3) is 0 Å². The molecule has 6 nitrogen and oxygen atoms in total. The Morgan fingerprint density at radius 3 is 2.54 bits per heavy atom. The highest BCUT2D eigenvalue weighted by molar-refractivity contribution is 5.78. The summed E-state index contributed by atoms with van der Waals surface area (Å²) >= 11 is 0. The maximum Gasteiger partial charge on any atom is 0.224 e. The number of hydrogen-bond donors (Lipinski definition) is 2. The first-order valence-electron chi connectivity index (χ1n) is 7.72. The molecule has 0 spiro atoms. The van der Waals surface area contributed by atoms with E-state index in [1.165, 1.54) is 12.1 Å². The Labute approximate surface area is 141 Å². The Bertz CT molecular complexity index is 688. The summed E-state index contributed by atoms with van der Waals surface area (Å²) in [6.45, 7) is 2.86. The van der Waals surface area contributed by atoms with Crippen LogP contribution in [-0.4, -0.2) is 43.1 Å². The molecule has 1 aromatic carbocycles. The topological polar surface area (TPSA) is 70.2 Å². The molecular weight excluding hydrogens is 309 g/mol. The molecule has 0 aliphatic heterocycles. The molecule has 2 N–H and O–H groups in total. The minimum absolute atomic E-state index is 0.101. The predicted octanol–water partition coefficient (Wildman–Crippen LogP) is 1.76. The average Bonchev–Trinajstić information content (AvgIpc) is 2.53. The third-order valence-electron chi connectivity index (χ3n) is 3.31. The number of anilines is 2. The van der Waals surface area contributed by atoms with E-state index >= 15 is 0 Å². The van der Waals surface area contributed by atoms with Crippen molar-refractivity contribution in [1.82, 2.24) is 15.3 Å². The molecule has 1 heterocycles. The van der Waals surface area contributed by atoms with E-state index in [2.05, 4.69) is 20.6 Å². The molecule has 24 heavy (non-hydrogen) atoms. The van der Waals surface area contributed by atoms with Gasteiger partial charge in [0.1, 0.15) is 23.3 Å². The van der Waals surface area contributed by atoms with E-state index in [1.807, 2.05) is 32.0 Å². The van der Waals surface area contributed by atoms with Crippen LogP contribution in [0.15, 0.2) is 30.3 Å². The van der Waals surface area contributed by atoms with Gasteiger partial charge in [-0.25, -0.2) is 14.4 Å². The van der Waals surface area contributed by atoms with Crippen molar-refractivity contribution in [3.8, 4) is 0 Å². The SMILES string of the molecule is Cc1nc(NCCNC(=O)Cc2ccc(F)cc2)cc(N(C)C)n1. The van der Waals surface area contributed by atoms with Gasteiger partial charge in [0.25, 0.3) is 0 Å². The number of nitrogens with one attached hydrogen (secondary N) is 2. The minimum Gasteiger partial charge on any atom is -0.368 e. The molecule has 0 aliphatic carbocycles. The van der Waals surface area contributed by atoms with Gasteiger partial charge in [-0.15, -0.1) is 0 Å². The molecule has 7 heteroatoms. The van der Waals surface area contributed by atoms with Gasteiger partial charge in [0.2, 0.25) is 5.91 Å². The van der Waals surface area contributed by atoms with Crippen LogP contribution in [0.5, 0.6) is 0 Å². The normalized spacial score (nSPS) is 10.3. The number of carbonyl (C=O) groups excluding carboxylic acids is 1. The second-order valence-corrected chi connectivity index (χ2v) is 5.63. The van der Waals surface area contributed by atoms with Gasteiger partial charge in [0.15, 0.2) is 0 Å². The zero-order valence-corrected chi connectivity index (χ0v) is 14.1. The molecule has 0 saturated carbocycles. The van der Waals surface area contributed by atoms with Crippen LogP contribution >= 0.6 is 0 Å². The van der Waals surface area contributed by atoms with Crippen LogP contribution < -0.4 is 15.5 Å². The lowest BCUT2D eigenvalue weighted by atomic mass is 10.1. The average molecular weight is 331 g/mol. The number of carbonyl (C=O) groups is 1. The highest BCUT2D eigenvalue weighted by atomic mass is 19.1. The summed E-state index contributed by atoms with van der Waals surface area (Å²) in [5, 5.41) is 5.98. The summed E-state index contributed by atoms with van der Waals surface area (Å²) in [6.07, 6.45) is 0.234. The van der Waals surface area contributed by atoms with Crippen molar-refractivity contribution < 1.29 is 9.18 Å². The van der Waals surface area contributed by atoms with Crippen LogP contribution in [-0.2, 0) is 11.2 Å². The van der Waals surface area contributed by atoms with Gasteiger partial charge >= 0.3 is 0 Å². The minimum atomic E-state index is -0.305. The van der Waals surface area contributed by atoms with Crippen molar-refractivity contribution in [3.05, 3.63) is 47.5 Å². The molecule has 0 atom stereocenters. The highest BCUT2D eigenvalue weighted by Crippen LogP contribution is 2.12. The Balaban J connectivity index is 1.76. The summed E-state index contributed by atoms with van der Waals surface area (Å²) in [6, 6.07) is 7.78. The van der Waals surface area contributed by atoms with E-state index in [1.54, 1.807) is 12.1 Å². The van der Waals surface area contributed by atoms with Crippen molar-refractivity contribution in [3.63, 3.8) is 0 Å². The van der Waals surface area contributed by atoms with E-state index in [0.29, 0.717) is 18.9 Å². The van der Waals surface area contributed by atoms with Crippen molar-refractivity contribution in [2.24, 2.45) is 0 Å². The Hall–Kier alpha value is -2.70. The Kier molecular flexibility index (Phi) is 6.06. The number of amides is 1. The van der Waals surface area contributed by atoms with Crippen LogP contribution in [0.4, 0.5) is 16.0 Å². The van der Waals surface area contributed by atoms with Crippen LogP contribution in [0.1, 0.15) is 11.4 Å². The summed E-state index contributed by atoms with van der Waals surface area (Å²) in [4.78, 5) is 22.4.